The van der Waals surface area contributed by atoms with Gasteiger partial charge in [-0.1, -0.05) is 30.3 Å². The lowest BCUT2D eigenvalue weighted by molar-refractivity contribution is 0.412. The normalized spacial score (nSPS) is 10.9. The Bertz CT molecular complexity index is 802. The highest BCUT2D eigenvalue weighted by Crippen LogP contribution is 2.25. The van der Waals surface area contributed by atoms with E-state index in [-0.39, 0.29) is 0 Å². The maximum atomic E-state index is 5.44. The summed E-state index contributed by atoms with van der Waals surface area (Å²) in [6.07, 6.45) is 0. The highest BCUT2D eigenvalue weighted by atomic mass is 32.1. The minimum atomic E-state index is 0.733. The van der Waals surface area contributed by atoms with E-state index in [1.54, 1.807) is 7.11 Å². The summed E-state index contributed by atoms with van der Waals surface area (Å²) in [5.74, 6) is 0.883. The third-order valence-electron chi connectivity index (χ3n) is 3.47. The fourth-order valence-corrected chi connectivity index (χ4v) is 2.71. The Morgan fingerprint density at radius 1 is 1.20 bits per heavy atom. The second-order valence-corrected chi connectivity index (χ2v) is 5.23. The zero-order valence-electron chi connectivity index (χ0n) is 11.5. The molecule has 0 radical (unpaired) electrons. The van der Waals surface area contributed by atoms with Crippen LogP contribution >= 0.6 is 12.2 Å². The van der Waals surface area contributed by atoms with Gasteiger partial charge in [-0.15, -0.1) is 0 Å². The number of rotatable bonds is 3. The van der Waals surface area contributed by atoms with Crippen molar-refractivity contribution in [2.45, 2.75) is 13.5 Å². The number of H-pyrrole nitrogens is 1. The van der Waals surface area contributed by atoms with Crippen LogP contribution in [0.4, 0.5) is 0 Å². The van der Waals surface area contributed by atoms with Gasteiger partial charge in [0.05, 0.1) is 24.7 Å². The van der Waals surface area contributed by atoms with E-state index in [4.69, 9.17) is 17.0 Å². The molecule has 0 aliphatic heterocycles. The van der Waals surface area contributed by atoms with Gasteiger partial charge in [0.25, 0.3) is 0 Å². The van der Waals surface area contributed by atoms with Crippen LogP contribution < -0.4 is 4.74 Å². The summed E-state index contributed by atoms with van der Waals surface area (Å²) < 4.78 is 8.24. The Balaban J connectivity index is 2.15. The van der Waals surface area contributed by atoms with Crippen molar-refractivity contribution < 1.29 is 4.74 Å². The van der Waals surface area contributed by atoms with Crippen LogP contribution in [-0.4, -0.2) is 16.7 Å². The summed E-state index contributed by atoms with van der Waals surface area (Å²) in [7, 11) is 1.69. The van der Waals surface area contributed by atoms with Crippen LogP contribution in [0.2, 0.25) is 0 Å². The van der Waals surface area contributed by atoms with E-state index in [0.29, 0.717) is 0 Å². The van der Waals surface area contributed by atoms with Crippen molar-refractivity contribution in [3.8, 4) is 5.75 Å². The molecule has 20 heavy (non-hydrogen) atoms. The number of hydrogen-bond donors (Lipinski definition) is 1. The van der Waals surface area contributed by atoms with Crippen LogP contribution in [0.25, 0.3) is 11.0 Å². The standard InChI is InChI=1S/C16H16N2OS/c1-11-8-13-14(9-15(11)19-2)18(16(20)17-13)10-12-6-4-3-5-7-12/h3-9H,10H2,1-2H3,(H,17,20). The minimum Gasteiger partial charge on any atom is -0.496 e. The molecule has 0 aliphatic carbocycles. The number of fused-ring (bicyclic) bond motifs is 1. The van der Waals surface area contributed by atoms with Crippen molar-refractivity contribution >= 4 is 23.3 Å². The quantitative estimate of drug-likeness (QED) is 0.735. The van der Waals surface area contributed by atoms with Gasteiger partial charge < -0.3 is 14.3 Å². The molecule has 1 aromatic heterocycles. The fraction of sp³-hybridized carbons (Fsp3) is 0.188. The molecule has 0 spiro atoms. The molecule has 102 valence electrons. The predicted octanol–water partition coefficient (Wildman–Crippen LogP) is 4.06. The van der Waals surface area contributed by atoms with Crippen LogP contribution in [0.1, 0.15) is 11.1 Å². The van der Waals surface area contributed by atoms with Crippen molar-refractivity contribution in [3.05, 3.63) is 58.4 Å². The largest absolute Gasteiger partial charge is 0.496 e. The number of benzene rings is 2. The number of aromatic amines is 1. The van der Waals surface area contributed by atoms with E-state index in [1.165, 1.54) is 5.56 Å². The fourth-order valence-electron chi connectivity index (χ4n) is 2.44. The number of ether oxygens (including phenoxy) is 1. The van der Waals surface area contributed by atoms with Gasteiger partial charge in [-0.2, -0.15) is 0 Å². The lowest BCUT2D eigenvalue weighted by Crippen LogP contribution is -1.99. The molecule has 0 saturated carbocycles. The number of nitrogens with zero attached hydrogens (tertiary/aromatic N) is 1. The third kappa shape index (κ3) is 2.23. The molecular weight excluding hydrogens is 268 g/mol. The maximum Gasteiger partial charge on any atom is 0.178 e. The molecule has 1 heterocycles. The highest BCUT2D eigenvalue weighted by molar-refractivity contribution is 7.71. The average Bonchev–Trinajstić information content (AvgIpc) is 2.74. The minimum absolute atomic E-state index is 0.733. The molecule has 0 unspecified atom stereocenters. The first-order chi connectivity index (χ1) is 9.69. The first-order valence-corrected chi connectivity index (χ1v) is 6.91. The summed E-state index contributed by atoms with van der Waals surface area (Å²) in [6, 6.07) is 14.4. The van der Waals surface area contributed by atoms with E-state index < -0.39 is 0 Å². The highest BCUT2D eigenvalue weighted by Gasteiger charge is 2.08. The van der Waals surface area contributed by atoms with E-state index >= 15 is 0 Å². The smallest absolute Gasteiger partial charge is 0.178 e. The number of methoxy groups -OCH3 is 1. The van der Waals surface area contributed by atoms with Crippen molar-refractivity contribution in [3.63, 3.8) is 0 Å². The van der Waals surface area contributed by atoms with E-state index in [9.17, 15) is 0 Å². The van der Waals surface area contributed by atoms with Gasteiger partial charge in [0.1, 0.15) is 5.75 Å². The van der Waals surface area contributed by atoms with Crippen molar-refractivity contribution in [2.75, 3.05) is 7.11 Å². The number of hydrogen-bond acceptors (Lipinski definition) is 2. The summed E-state index contributed by atoms with van der Waals surface area (Å²) >= 11 is 5.44. The Morgan fingerprint density at radius 3 is 2.65 bits per heavy atom. The van der Waals surface area contributed by atoms with Gasteiger partial charge >= 0.3 is 0 Å². The molecule has 3 nitrogen and oxygen atoms in total. The second-order valence-electron chi connectivity index (χ2n) is 4.84. The molecule has 0 aliphatic rings. The molecule has 3 rings (SSSR count). The predicted molar refractivity (Wildman–Crippen MR) is 84.0 cm³/mol. The van der Waals surface area contributed by atoms with Gasteiger partial charge in [0.2, 0.25) is 0 Å². The monoisotopic (exact) mass is 284 g/mol. The Hall–Kier alpha value is -2.07. The number of aryl methyl sites for hydroxylation is 1. The van der Waals surface area contributed by atoms with Gasteiger partial charge in [-0.05, 0) is 36.3 Å². The third-order valence-corrected chi connectivity index (χ3v) is 3.80. The van der Waals surface area contributed by atoms with E-state index in [0.717, 1.165) is 33.7 Å². The first kappa shape index (κ1) is 12.9. The molecule has 2 aromatic carbocycles. The zero-order valence-corrected chi connectivity index (χ0v) is 12.3. The van der Waals surface area contributed by atoms with Crippen LogP contribution in [0, 0.1) is 11.7 Å². The summed E-state index contributed by atoms with van der Waals surface area (Å²) in [6.45, 7) is 2.79. The van der Waals surface area contributed by atoms with Crippen LogP contribution in [0.3, 0.4) is 0 Å². The Kier molecular flexibility index (Phi) is 3.32. The SMILES string of the molecule is COc1cc2c(cc1C)[nH]c(=S)n2Cc1ccccc1. The van der Waals surface area contributed by atoms with Crippen LogP contribution in [0.5, 0.6) is 5.75 Å². The zero-order chi connectivity index (χ0) is 14.1. The number of imidazole rings is 1. The molecule has 1 N–H and O–H groups in total. The summed E-state index contributed by atoms with van der Waals surface area (Å²) in [4.78, 5) is 3.26. The first-order valence-electron chi connectivity index (χ1n) is 6.50. The number of nitrogens with one attached hydrogen (secondary N) is 1. The molecule has 0 fully saturated rings. The van der Waals surface area contributed by atoms with Gasteiger partial charge in [0, 0.05) is 6.07 Å². The van der Waals surface area contributed by atoms with Crippen LogP contribution in [-0.2, 0) is 6.54 Å². The molecule has 0 amide bonds. The maximum absolute atomic E-state index is 5.44. The van der Waals surface area contributed by atoms with Crippen LogP contribution in [0.15, 0.2) is 42.5 Å². The topological polar surface area (TPSA) is 29.9 Å². The molecule has 3 aromatic rings. The lowest BCUT2D eigenvalue weighted by Gasteiger charge is -2.08. The molecule has 0 saturated heterocycles. The van der Waals surface area contributed by atoms with Gasteiger partial charge in [-0.25, -0.2) is 0 Å². The molecule has 0 atom stereocenters. The summed E-state index contributed by atoms with van der Waals surface area (Å²) in [5, 5.41) is 0. The van der Waals surface area contributed by atoms with Crippen molar-refractivity contribution in [1.29, 1.82) is 0 Å². The lowest BCUT2D eigenvalue weighted by atomic mass is 10.2. The Labute approximate surface area is 122 Å². The van der Waals surface area contributed by atoms with Gasteiger partial charge in [0.15, 0.2) is 4.77 Å². The van der Waals surface area contributed by atoms with E-state index in [2.05, 4.69) is 27.8 Å². The molecular formula is C16H16N2OS. The molecule has 4 heteroatoms. The van der Waals surface area contributed by atoms with E-state index in [1.807, 2.05) is 31.2 Å². The molecule has 0 bridgehead atoms. The second kappa shape index (κ2) is 5.13. The average molecular weight is 284 g/mol. The summed E-state index contributed by atoms with van der Waals surface area (Å²) in [5.41, 5.74) is 4.44. The number of aromatic nitrogens is 2. The van der Waals surface area contributed by atoms with Crippen molar-refractivity contribution in [1.82, 2.24) is 9.55 Å². The van der Waals surface area contributed by atoms with Crippen molar-refractivity contribution in [2.24, 2.45) is 0 Å². The Morgan fingerprint density at radius 2 is 1.95 bits per heavy atom. The van der Waals surface area contributed by atoms with Gasteiger partial charge in [-0.3, -0.25) is 0 Å².